The van der Waals surface area contributed by atoms with Crippen molar-refractivity contribution >= 4 is 21.6 Å². The molecule has 6 heteroatoms. The first-order valence-electron chi connectivity index (χ1n) is 7.61. The van der Waals surface area contributed by atoms with E-state index in [1.807, 2.05) is 0 Å². The third-order valence-electron chi connectivity index (χ3n) is 4.17. The summed E-state index contributed by atoms with van der Waals surface area (Å²) in [6.45, 7) is 5.68. The smallest absolute Gasteiger partial charge is 0.283 e. The number of hydrogen-bond acceptors (Lipinski definition) is 4. The summed E-state index contributed by atoms with van der Waals surface area (Å²) < 4.78 is 7.88. The second-order valence-electron chi connectivity index (χ2n) is 6.75. The van der Waals surface area contributed by atoms with Crippen LogP contribution in [-0.2, 0) is 11.3 Å². The molecule has 21 heavy (non-hydrogen) atoms. The third kappa shape index (κ3) is 3.66. The molecule has 2 fully saturated rings. The monoisotopic (exact) mass is 355 g/mol. The summed E-state index contributed by atoms with van der Waals surface area (Å²) in [7, 11) is 0. The molecule has 2 heterocycles. The summed E-state index contributed by atoms with van der Waals surface area (Å²) in [5.41, 5.74) is 0.629. The molecule has 2 aliphatic rings. The van der Waals surface area contributed by atoms with E-state index >= 15 is 0 Å². The molecule has 116 valence electrons. The van der Waals surface area contributed by atoms with Gasteiger partial charge in [0.2, 0.25) is 0 Å². The molecule has 0 amide bonds. The van der Waals surface area contributed by atoms with Crippen LogP contribution >= 0.6 is 15.9 Å². The van der Waals surface area contributed by atoms with Crippen LogP contribution in [0.4, 0.5) is 5.69 Å². The molecule has 1 saturated carbocycles. The van der Waals surface area contributed by atoms with Gasteiger partial charge in [-0.25, -0.2) is 4.68 Å². The van der Waals surface area contributed by atoms with Gasteiger partial charge in [0, 0.05) is 19.2 Å². The lowest BCUT2D eigenvalue weighted by atomic mass is 9.94. The SMILES string of the molecule is CC1(C)CC(Nc2cnn(CC3CC3)c(=O)c2Br)CCO1. The third-order valence-corrected chi connectivity index (χ3v) is 4.94. The van der Waals surface area contributed by atoms with Crippen LogP contribution in [0.5, 0.6) is 0 Å². The van der Waals surface area contributed by atoms with Gasteiger partial charge in [-0.1, -0.05) is 0 Å². The molecule has 1 aliphatic carbocycles. The maximum Gasteiger partial charge on any atom is 0.283 e. The molecular formula is C15H22BrN3O2. The summed E-state index contributed by atoms with van der Waals surface area (Å²) in [4.78, 5) is 12.3. The van der Waals surface area contributed by atoms with Gasteiger partial charge in [-0.3, -0.25) is 4.79 Å². The molecule has 0 aromatic carbocycles. The van der Waals surface area contributed by atoms with Gasteiger partial charge in [0.25, 0.3) is 5.56 Å². The van der Waals surface area contributed by atoms with Gasteiger partial charge in [0.1, 0.15) is 4.47 Å². The lowest BCUT2D eigenvalue weighted by Gasteiger charge is -2.36. The van der Waals surface area contributed by atoms with Crippen molar-refractivity contribution in [1.29, 1.82) is 0 Å². The molecule has 0 bridgehead atoms. The van der Waals surface area contributed by atoms with Crippen molar-refractivity contribution in [3.63, 3.8) is 0 Å². The molecule has 3 rings (SSSR count). The van der Waals surface area contributed by atoms with Crippen molar-refractivity contribution in [2.24, 2.45) is 5.92 Å². The van der Waals surface area contributed by atoms with Gasteiger partial charge in [-0.2, -0.15) is 5.10 Å². The van der Waals surface area contributed by atoms with Crippen LogP contribution in [-0.4, -0.2) is 28.0 Å². The zero-order chi connectivity index (χ0) is 15.0. The number of rotatable bonds is 4. The van der Waals surface area contributed by atoms with Crippen molar-refractivity contribution in [3.05, 3.63) is 21.0 Å². The van der Waals surface area contributed by atoms with E-state index in [2.05, 4.69) is 40.2 Å². The molecule has 1 unspecified atom stereocenters. The van der Waals surface area contributed by atoms with Crippen LogP contribution in [0.2, 0.25) is 0 Å². The number of hydrogen-bond donors (Lipinski definition) is 1. The van der Waals surface area contributed by atoms with Crippen molar-refractivity contribution in [3.8, 4) is 0 Å². The second-order valence-corrected chi connectivity index (χ2v) is 7.54. The zero-order valence-electron chi connectivity index (χ0n) is 12.6. The average Bonchev–Trinajstić information content (AvgIpc) is 3.21. The van der Waals surface area contributed by atoms with Crippen molar-refractivity contribution in [1.82, 2.24) is 9.78 Å². The molecule has 1 saturated heterocycles. The van der Waals surface area contributed by atoms with E-state index in [0.29, 0.717) is 16.4 Å². The summed E-state index contributed by atoms with van der Waals surface area (Å²) in [5, 5.41) is 7.74. The zero-order valence-corrected chi connectivity index (χ0v) is 14.1. The number of ether oxygens (including phenoxy) is 1. The second kappa shape index (κ2) is 5.72. The molecule has 1 aromatic heterocycles. The normalized spacial score (nSPS) is 24.8. The summed E-state index contributed by atoms with van der Waals surface area (Å²) in [5.74, 6) is 0.636. The van der Waals surface area contributed by atoms with Crippen LogP contribution in [0.3, 0.4) is 0 Å². The van der Waals surface area contributed by atoms with Crippen LogP contribution in [0.15, 0.2) is 15.5 Å². The van der Waals surface area contributed by atoms with Gasteiger partial charge in [0.15, 0.2) is 0 Å². The van der Waals surface area contributed by atoms with Crippen LogP contribution in [0, 0.1) is 5.92 Å². The standard InChI is InChI=1S/C15H22BrN3O2/c1-15(2)7-11(5-6-21-15)18-12-8-17-19(9-10-3-4-10)14(20)13(12)16/h8,10-11,18H,3-7,9H2,1-2H3. The molecule has 5 nitrogen and oxygen atoms in total. The van der Waals surface area contributed by atoms with Crippen LogP contribution in [0.1, 0.15) is 39.5 Å². The van der Waals surface area contributed by atoms with E-state index < -0.39 is 0 Å². The Morgan fingerprint density at radius 1 is 1.48 bits per heavy atom. The minimum absolute atomic E-state index is 0.0433. The number of nitrogens with one attached hydrogen (secondary N) is 1. The first-order chi connectivity index (χ1) is 9.94. The lowest BCUT2D eigenvalue weighted by Crippen LogP contribution is -2.40. The first kappa shape index (κ1) is 15.0. The fourth-order valence-corrected chi connectivity index (χ4v) is 3.24. The topological polar surface area (TPSA) is 56.2 Å². The highest BCUT2D eigenvalue weighted by Crippen LogP contribution is 2.31. The highest BCUT2D eigenvalue weighted by molar-refractivity contribution is 9.10. The van der Waals surface area contributed by atoms with E-state index in [-0.39, 0.29) is 11.2 Å². The number of nitrogens with zero attached hydrogens (tertiary/aromatic N) is 2. The highest BCUT2D eigenvalue weighted by atomic mass is 79.9. The van der Waals surface area contributed by atoms with E-state index in [4.69, 9.17) is 4.74 Å². The average molecular weight is 356 g/mol. The number of aromatic nitrogens is 2. The maximum absolute atomic E-state index is 12.3. The van der Waals surface area contributed by atoms with Gasteiger partial charge in [-0.15, -0.1) is 0 Å². The number of anilines is 1. The molecule has 1 N–H and O–H groups in total. The minimum Gasteiger partial charge on any atom is -0.380 e. The Morgan fingerprint density at radius 2 is 2.24 bits per heavy atom. The van der Waals surface area contributed by atoms with Gasteiger partial charge in [-0.05, 0) is 61.4 Å². The Labute approximate surface area is 133 Å². The molecule has 1 aliphatic heterocycles. The quantitative estimate of drug-likeness (QED) is 0.901. The molecule has 1 atom stereocenters. The molecule has 1 aromatic rings. The molecule has 0 spiro atoms. The van der Waals surface area contributed by atoms with Crippen molar-refractivity contribution in [2.75, 3.05) is 11.9 Å². The fourth-order valence-electron chi connectivity index (χ4n) is 2.82. The van der Waals surface area contributed by atoms with Gasteiger partial charge in [0.05, 0.1) is 17.5 Å². The van der Waals surface area contributed by atoms with E-state index in [1.54, 1.807) is 10.9 Å². The Hall–Kier alpha value is -0.880. The predicted octanol–water partition coefficient (Wildman–Crippen LogP) is 2.79. The first-order valence-corrected chi connectivity index (χ1v) is 8.40. The largest absolute Gasteiger partial charge is 0.380 e. The molecular weight excluding hydrogens is 334 g/mol. The Kier molecular flexibility index (Phi) is 4.10. The summed E-state index contributed by atoms with van der Waals surface area (Å²) in [6.07, 6.45) is 6.05. The number of halogens is 1. The van der Waals surface area contributed by atoms with Crippen LogP contribution < -0.4 is 10.9 Å². The molecule has 0 radical (unpaired) electrons. The van der Waals surface area contributed by atoms with Gasteiger partial charge < -0.3 is 10.1 Å². The predicted molar refractivity (Wildman–Crippen MR) is 85.6 cm³/mol. The summed E-state index contributed by atoms with van der Waals surface area (Å²) >= 11 is 3.43. The van der Waals surface area contributed by atoms with E-state index in [1.165, 1.54) is 12.8 Å². The highest BCUT2D eigenvalue weighted by Gasteiger charge is 2.29. The summed E-state index contributed by atoms with van der Waals surface area (Å²) in [6, 6.07) is 0.311. The van der Waals surface area contributed by atoms with Crippen molar-refractivity contribution < 1.29 is 4.74 Å². The lowest BCUT2D eigenvalue weighted by molar-refractivity contribution is -0.0553. The van der Waals surface area contributed by atoms with Gasteiger partial charge >= 0.3 is 0 Å². The van der Waals surface area contributed by atoms with Crippen LogP contribution in [0.25, 0.3) is 0 Å². The van der Waals surface area contributed by atoms with Crippen molar-refractivity contribution in [2.45, 2.75) is 57.7 Å². The Morgan fingerprint density at radius 3 is 2.90 bits per heavy atom. The maximum atomic E-state index is 12.3. The minimum atomic E-state index is -0.114. The Bertz CT molecular complexity index is 581. The van der Waals surface area contributed by atoms with E-state index in [0.717, 1.165) is 31.7 Å². The van der Waals surface area contributed by atoms with E-state index in [9.17, 15) is 4.79 Å². The Balaban J connectivity index is 1.73. The fraction of sp³-hybridized carbons (Fsp3) is 0.733.